The summed E-state index contributed by atoms with van der Waals surface area (Å²) in [6.07, 6.45) is 1.44. The molecule has 1 N–H and O–H groups in total. The summed E-state index contributed by atoms with van der Waals surface area (Å²) in [5.41, 5.74) is 1.80. The highest BCUT2D eigenvalue weighted by Gasteiger charge is 2.40. The van der Waals surface area contributed by atoms with Crippen molar-refractivity contribution in [1.29, 1.82) is 0 Å². The quantitative estimate of drug-likeness (QED) is 0.643. The molecule has 0 amide bonds. The minimum absolute atomic E-state index is 0.0953. The van der Waals surface area contributed by atoms with E-state index in [0.29, 0.717) is 12.8 Å². The molecule has 0 bridgehead atoms. The largest absolute Gasteiger partial charge is 0.392 e. The fraction of sp³-hybridized carbons (Fsp3) is 0.538. The van der Waals surface area contributed by atoms with Gasteiger partial charge < -0.3 is 5.11 Å². The zero-order valence-corrected chi connectivity index (χ0v) is 9.93. The molecule has 1 aromatic rings. The van der Waals surface area contributed by atoms with Crippen LogP contribution in [-0.2, 0) is 11.8 Å². The van der Waals surface area contributed by atoms with Crippen molar-refractivity contribution in [2.75, 3.05) is 6.54 Å². The first-order valence-corrected chi connectivity index (χ1v) is 5.92. The molecule has 92 valence electrons. The van der Waals surface area contributed by atoms with Gasteiger partial charge in [0.05, 0.1) is 6.10 Å². The van der Waals surface area contributed by atoms with Gasteiger partial charge in [-0.2, -0.15) is 0 Å². The third kappa shape index (κ3) is 2.17. The highest BCUT2D eigenvalue weighted by atomic mass is 16.6. The Labute approximate surface area is 100 Å². The van der Waals surface area contributed by atoms with E-state index in [2.05, 4.69) is 0 Å². The Kier molecular flexibility index (Phi) is 3.15. The number of aliphatic hydroxyl groups is 1. The van der Waals surface area contributed by atoms with Crippen LogP contribution in [0, 0.1) is 10.1 Å². The van der Waals surface area contributed by atoms with Crippen LogP contribution in [0.25, 0.3) is 0 Å². The summed E-state index contributed by atoms with van der Waals surface area (Å²) >= 11 is 0. The second-order valence-electron chi connectivity index (χ2n) is 4.94. The SMILES string of the molecule is C[C@@]1(CC[N+](=O)[O-])c2ccccc2CC[C@@H]1O. The highest BCUT2D eigenvalue weighted by molar-refractivity contribution is 5.37. The molecule has 4 nitrogen and oxygen atoms in total. The molecule has 0 spiro atoms. The van der Waals surface area contributed by atoms with Crippen LogP contribution in [0.15, 0.2) is 24.3 Å². The number of hydrogen-bond acceptors (Lipinski definition) is 3. The minimum atomic E-state index is -0.489. The van der Waals surface area contributed by atoms with Crippen molar-refractivity contribution in [1.82, 2.24) is 0 Å². The van der Waals surface area contributed by atoms with Gasteiger partial charge in [0.1, 0.15) is 0 Å². The van der Waals surface area contributed by atoms with Gasteiger partial charge >= 0.3 is 0 Å². The van der Waals surface area contributed by atoms with E-state index in [1.54, 1.807) is 0 Å². The molecule has 0 aromatic heterocycles. The maximum Gasteiger partial charge on any atom is 0.204 e. The van der Waals surface area contributed by atoms with Crippen LogP contribution >= 0.6 is 0 Å². The molecule has 0 heterocycles. The van der Waals surface area contributed by atoms with Crippen molar-refractivity contribution in [3.8, 4) is 0 Å². The van der Waals surface area contributed by atoms with E-state index < -0.39 is 11.5 Å². The molecule has 0 fully saturated rings. The van der Waals surface area contributed by atoms with Gasteiger partial charge in [-0.15, -0.1) is 0 Å². The van der Waals surface area contributed by atoms with Crippen molar-refractivity contribution in [3.05, 3.63) is 45.5 Å². The normalized spacial score (nSPS) is 27.5. The lowest BCUT2D eigenvalue weighted by molar-refractivity contribution is -0.482. The molecule has 0 saturated heterocycles. The molecular formula is C13H17NO3. The number of hydrogen-bond donors (Lipinski definition) is 1. The van der Waals surface area contributed by atoms with Crippen LogP contribution in [0.4, 0.5) is 0 Å². The molecule has 4 heteroatoms. The van der Waals surface area contributed by atoms with Crippen LogP contribution in [0.3, 0.4) is 0 Å². The Hall–Kier alpha value is -1.42. The summed E-state index contributed by atoms with van der Waals surface area (Å²) < 4.78 is 0. The Morgan fingerprint density at radius 1 is 1.53 bits per heavy atom. The van der Waals surface area contributed by atoms with Gasteiger partial charge in [-0.25, -0.2) is 0 Å². The number of benzene rings is 1. The van der Waals surface area contributed by atoms with Gasteiger partial charge in [0.15, 0.2) is 0 Å². The van der Waals surface area contributed by atoms with Gasteiger partial charge in [-0.05, 0) is 24.0 Å². The monoisotopic (exact) mass is 235 g/mol. The molecule has 0 saturated carbocycles. The van der Waals surface area contributed by atoms with Crippen LogP contribution in [0.1, 0.15) is 30.9 Å². The average molecular weight is 235 g/mol. The summed E-state index contributed by atoms with van der Waals surface area (Å²) in [5, 5.41) is 20.7. The van der Waals surface area contributed by atoms with Crippen LogP contribution in [0.5, 0.6) is 0 Å². The standard InChI is InChI=1S/C13H17NO3/c1-13(8-9-14(16)17)11-5-3-2-4-10(11)6-7-12(13)15/h2-5,12,15H,6-9H2,1H3/t12-,13+/m0/s1. The van der Waals surface area contributed by atoms with Gasteiger partial charge in [0, 0.05) is 16.8 Å². The maximum absolute atomic E-state index is 10.5. The molecule has 0 unspecified atom stereocenters. The summed E-state index contributed by atoms with van der Waals surface area (Å²) in [4.78, 5) is 10.2. The average Bonchev–Trinajstić information content (AvgIpc) is 2.32. The number of nitrogens with zero attached hydrogens (tertiary/aromatic N) is 1. The van der Waals surface area contributed by atoms with Crippen molar-refractivity contribution in [2.24, 2.45) is 0 Å². The predicted octanol–water partition coefficient (Wildman–Crippen LogP) is 1.92. The molecule has 17 heavy (non-hydrogen) atoms. The van der Waals surface area contributed by atoms with E-state index in [1.165, 1.54) is 5.56 Å². The minimum Gasteiger partial charge on any atom is -0.392 e. The Morgan fingerprint density at radius 3 is 2.94 bits per heavy atom. The molecule has 1 aliphatic rings. The van der Waals surface area contributed by atoms with E-state index in [4.69, 9.17) is 0 Å². The van der Waals surface area contributed by atoms with E-state index in [9.17, 15) is 15.2 Å². The third-order valence-electron chi connectivity index (χ3n) is 3.87. The third-order valence-corrected chi connectivity index (χ3v) is 3.87. The summed E-state index contributed by atoms with van der Waals surface area (Å²) in [7, 11) is 0. The molecule has 0 aliphatic heterocycles. The van der Waals surface area contributed by atoms with Crippen LogP contribution < -0.4 is 0 Å². The molecule has 1 aromatic carbocycles. The molecule has 2 rings (SSSR count). The predicted molar refractivity (Wildman–Crippen MR) is 64.6 cm³/mol. The summed E-state index contributed by atoms with van der Waals surface area (Å²) in [6.45, 7) is 1.83. The molecule has 1 aliphatic carbocycles. The maximum atomic E-state index is 10.5. The first-order valence-electron chi connectivity index (χ1n) is 5.92. The lowest BCUT2D eigenvalue weighted by Crippen LogP contribution is -2.42. The van der Waals surface area contributed by atoms with Crippen molar-refractivity contribution in [3.63, 3.8) is 0 Å². The Morgan fingerprint density at radius 2 is 2.24 bits per heavy atom. The van der Waals surface area contributed by atoms with Crippen molar-refractivity contribution in [2.45, 2.75) is 37.7 Å². The van der Waals surface area contributed by atoms with Crippen molar-refractivity contribution >= 4 is 0 Å². The second kappa shape index (κ2) is 4.45. The van der Waals surface area contributed by atoms with Gasteiger partial charge in [0.2, 0.25) is 6.54 Å². The second-order valence-corrected chi connectivity index (χ2v) is 4.94. The zero-order valence-electron chi connectivity index (χ0n) is 9.93. The fourth-order valence-electron chi connectivity index (χ4n) is 2.71. The topological polar surface area (TPSA) is 63.4 Å². The molecular weight excluding hydrogens is 218 g/mol. The Bertz CT molecular complexity index is 432. The van der Waals surface area contributed by atoms with Crippen molar-refractivity contribution < 1.29 is 10.0 Å². The van der Waals surface area contributed by atoms with Crippen LogP contribution in [-0.4, -0.2) is 22.7 Å². The highest BCUT2D eigenvalue weighted by Crippen LogP contribution is 2.39. The van der Waals surface area contributed by atoms with Gasteiger partial charge in [-0.3, -0.25) is 10.1 Å². The first kappa shape index (κ1) is 12.0. The van der Waals surface area contributed by atoms with Gasteiger partial charge in [0.25, 0.3) is 0 Å². The summed E-state index contributed by atoms with van der Waals surface area (Å²) in [6, 6.07) is 7.94. The van der Waals surface area contributed by atoms with E-state index in [0.717, 1.165) is 12.0 Å². The van der Waals surface area contributed by atoms with E-state index in [1.807, 2.05) is 31.2 Å². The number of aryl methyl sites for hydroxylation is 1. The number of aliphatic hydroxyl groups excluding tert-OH is 1. The lowest BCUT2D eigenvalue weighted by Gasteiger charge is -2.39. The van der Waals surface area contributed by atoms with E-state index in [-0.39, 0.29) is 11.5 Å². The van der Waals surface area contributed by atoms with Gasteiger partial charge in [-0.1, -0.05) is 31.2 Å². The molecule has 0 radical (unpaired) electrons. The smallest absolute Gasteiger partial charge is 0.204 e. The van der Waals surface area contributed by atoms with E-state index >= 15 is 0 Å². The Balaban J connectivity index is 2.33. The first-order chi connectivity index (χ1) is 8.04. The summed E-state index contributed by atoms with van der Waals surface area (Å²) in [5.74, 6) is 0. The zero-order chi connectivity index (χ0) is 12.5. The lowest BCUT2D eigenvalue weighted by atomic mass is 9.67. The number of nitro groups is 1. The number of fused-ring (bicyclic) bond motifs is 1. The number of rotatable bonds is 3. The fourth-order valence-corrected chi connectivity index (χ4v) is 2.71. The molecule has 2 atom stereocenters. The van der Waals surface area contributed by atoms with Crippen LogP contribution in [0.2, 0.25) is 0 Å².